The minimum atomic E-state index is 0.292. The van der Waals surface area contributed by atoms with Crippen molar-refractivity contribution in [2.45, 2.75) is 6.92 Å². The molecule has 1 aromatic rings. The maximum atomic E-state index is 5.75. The molecular formula is C10H13N3. The SMILES string of the molecule is C=C(N)N=C(C)c1ccccc1N. The van der Waals surface area contributed by atoms with Crippen LogP contribution in [0.1, 0.15) is 12.5 Å². The second-order valence-corrected chi connectivity index (χ2v) is 2.78. The van der Waals surface area contributed by atoms with Gasteiger partial charge in [-0.25, -0.2) is 4.99 Å². The van der Waals surface area contributed by atoms with E-state index in [4.69, 9.17) is 11.5 Å². The second-order valence-electron chi connectivity index (χ2n) is 2.78. The fourth-order valence-corrected chi connectivity index (χ4v) is 1.10. The first-order chi connectivity index (χ1) is 6.11. The summed E-state index contributed by atoms with van der Waals surface area (Å²) >= 11 is 0. The molecule has 0 saturated carbocycles. The van der Waals surface area contributed by atoms with Crippen LogP contribution in [-0.4, -0.2) is 5.71 Å². The number of rotatable bonds is 2. The molecule has 68 valence electrons. The van der Waals surface area contributed by atoms with E-state index in [1.54, 1.807) is 0 Å². The van der Waals surface area contributed by atoms with Gasteiger partial charge in [0, 0.05) is 17.0 Å². The van der Waals surface area contributed by atoms with E-state index in [1.165, 1.54) is 0 Å². The van der Waals surface area contributed by atoms with E-state index >= 15 is 0 Å². The van der Waals surface area contributed by atoms with Gasteiger partial charge < -0.3 is 11.5 Å². The zero-order chi connectivity index (χ0) is 9.84. The predicted octanol–water partition coefficient (Wildman–Crippen LogP) is 1.51. The second kappa shape index (κ2) is 3.76. The molecule has 13 heavy (non-hydrogen) atoms. The number of hydrogen-bond acceptors (Lipinski definition) is 3. The van der Waals surface area contributed by atoms with Crippen molar-refractivity contribution in [1.82, 2.24) is 0 Å². The van der Waals surface area contributed by atoms with Crippen molar-refractivity contribution in [3.63, 3.8) is 0 Å². The number of benzene rings is 1. The molecule has 0 amide bonds. The lowest BCUT2D eigenvalue weighted by Crippen LogP contribution is -2.03. The average molecular weight is 175 g/mol. The molecule has 0 aromatic heterocycles. The summed E-state index contributed by atoms with van der Waals surface area (Å²) in [6.45, 7) is 5.35. The molecule has 0 atom stereocenters. The highest BCUT2D eigenvalue weighted by molar-refractivity contribution is 6.03. The number of hydrogen-bond donors (Lipinski definition) is 2. The van der Waals surface area contributed by atoms with Crippen LogP contribution in [0, 0.1) is 0 Å². The van der Waals surface area contributed by atoms with Crippen molar-refractivity contribution in [1.29, 1.82) is 0 Å². The van der Waals surface area contributed by atoms with Crippen molar-refractivity contribution >= 4 is 11.4 Å². The molecule has 0 aliphatic heterocycles. The third kappa shape index (κ3) is 2.33. The van der Waals surface area contributed by atoms with E-state index in [0.29, 0.717) is 11.5 Å². The molecule has 0 heterocycles. The highest BCUT2D eigenvalue weighted by Crippen LogP contribution is 2.11. The summed E-state index contributed by atoms with van der Waals surface area (Å²) in [7, 11) is 0. The largest absolute Gasteiger partial charge is 0.398 e. The lowest BCUT2D eigenvalue weighted by molar-refractivity contribution is 1.25. The summed E-state index contributed by atoms with van der Waals surface area (Å²) in [6.07, 6.45) is 0. The van der Waals surface area contributed by atoms with Gasteiger partial charge in [-0.05, 0) is 13.0 Å². The van der Waals surface area contributed by atoms with Crippen LogP contribution in [0.15, 0.2) is 41.7 Å². The summed E-state index contributed by atoms with van der Waals surface area (Å²) in [5.41, 5.74) is 13.5. The van der Waals surface area contributed by atoms with Gasteiger partial charge in [-0.15, -0.1) is 0 Å². The first kappa shape index (κ1) is 9.32. The Labute approximate surface area is 77.8 Å². The molecule has 0 radical (unpaired) electrons. The van der Waals surface area contributed by atoms with Crippen molar-refractivity contribution < 1.29 is 0 Å². The Morgan fingerprint density at radius 2 is 2.00 bits per heavy atom. The van der Waals surface area contributed by atoms with Crippen molar-refractivity contribution in [2.24, 2.45) is 10.7 Å². The molecule has 0 fully saturated rings. The summed E-state index contributed by atoms with van der Waals surface area (Å²) in [5, 5.41) is 0. The van der Waals surface area contributed by atoms with Crippen LogP contribution in [0.3, 0.4) is 0 Å². The minimum Gasteiger partial charge on any atom is -0.398 e. The lowest BCUT2D eigenvalue weighted by Gasteiger charge is -2.03. The summed E-state index contributed by atoms with van der Waals surface area (Å²) in [4.78, 5) is 4.03. The van der Waals surface area contributed by atoms with Crippen LogP contribution in [0.4, 0.5) is 5.69 Å². The summed E-state index contributed by atoms with van der Waals surface area (Å²) in [5.74, 6) is 0.292. The van der Waals surface area contributed by atoms with Crippen LogP contribution in [0.2, 0.25) is 0 Å². The van der Waals surface area contributed by atoms with E-state index in [1.807, 2.05) is 31.2 Å². The number of nitrogens with two attached hydrogens (primary N) is 2. The molecule has 3 nitrogen and oxygen atoms in total. The van der Waals surface area contributed by atoms with Gasteiger partial charge in [-0.1, -0.05) is 24.8 Å². The Balaban J connectivity index is 3.08. The van der Waals surface area contributed by atoms with E-state index in [-0.39, 0.29) is 0 Å². The van der Waals surface area contributed by atoms with E-state index in [0.717, 1.165) is 11.3 Å². The minimum absolute atomic E-state index is 0.292. The topological polar surface area (TPSA) is 64.4 Å². The Kier molecular flexibility index (Phi) is 2.69. The molecule has 0 aliphatic carbocycles. The first-order valence-corrected chi connectivity index (χ1v) is 3.96. The van der Waals surface area contributed by atoms with Gasteiger partial charge in [-0.2, -0.15) is 0 Å². The van der Waals surface area contributed by atoms with Crippen molar-refractivity contribution in [2.75, 3.05) is 5.73 Å². The van der Waals surface area contributed by atoms with Gasteiger partial charge in [0.2, 0.25) is 0 Å². The molecule has 3 heteroatoms. The molecule has 0 unspecified atom stereocenters. The highest BCUT2D eigenvalue weighted by Gasteiger charge is 2.00. The molecular weight excluding hydrogens is 162 g/mol. The van der Waals surface area contributed by atoms with Crippen molar-refractivity contribution in [3.05, 3.63) is 42.2 Å². The fourth-order valence-electron chi connectivity index (χ4n) is 1.10. The number of anilines is 1. The molecule has 0 bridgehead atoms. The zero-order valence-electron chi connectivity index (χ0n) is 7.62. The Hall–Kier alpha value is -1.77. The van der Waals surface area contributed by atoms with Gasteiger partial charge in [0.1, 0.15) is 5.82 Å². The summed E-state index contributed by atoms with van der Waals surface area (Å²) < 4.78 is 0. The molecule has 0 spiro atoms. The standard InChI is InChI=1S/C10H13N3/c1-7(13-8(2)11)9-5-3-4-6-10(9)12/h3-6H,2,11-12H2,1H3. The maximum absolute atomic E-state index is 5.75. The van der Waals surface area contributed by atoms with E-state index in [9.17, 15) is 0 Å². The van der Waals surface area contributed by atoms with Crippen LogP contribution in [-0.2, 0) is 0 Å². The van der Waals surface area contributed by atoms with E-state index in [2.05, 4.69) is 11.6 Å². The van der Waals surface area contributed by atoms with Crippen LogP contribution >= 0.6 is 0 Å². The molecule has 4 N–H and O–H groups in total. The van der Waals surface area contributed by atoms with Gasteiger partial charge in [0.15, 0.2) is 0 Å². The lowest BCUT2D eigenvalue weighted by atomic mass is 10.1. The Morgan fingerprint density at radius 3 is 2.54 bits per heavy atom. The highest BCUT2D eigenvalue weighted by atomic mass is 14.9. The average Bonchev–Trinajstić information content (AvgIpc) is 2.03. The number of nitrogen functional groups attached to an aromatic ring is 1. The van der Waals surface area contributed by atoms with Gasteiger partial charge >= 0.3 is 0 Å². The van der Waals surface area contributed by atoms with Crippen LogP contribution in [0.25, 0.3) is 0 Å². The quantitative estimate of drug-likeness (QED) is 0.528. The van der Waals surface area contributed by atoms with Crippen molar-refractivity contribution in [3.8, 4) is 0 Å². The van der Waals surface area contributed by atoms with E-state index < -0.39 is 0 Å². The third-order valence-electron chi connectivity index (χ3n) is 1.66. The monoisotopic (exact) mass is 175 g/mol. The smallest absolute Gasteiger partial charge is 0.116 e. The van der Waals surface area contributed by atoms with Crippen LogP contribution < -0.4 is 11.5 Å². The predicted molar refractivity (Wildman–Crippen MR) is 56.4 cm³/mol. The molecule has 1 aromatic carbocycles. The Bertz CT molecular complexity index is 353. The Morgan fingerprint density at radius 1 is 1.38 bits per heavy atom. The fraction of sp³-hybridized carbons (Fsp3) is 0.100. The number of aliphatic imine (C=N–C) groups is 1. The third-order valence-corrected chi connectivity index (χ3v) is 1.66. The molecule has 0 saturated heterocycles. The number of nitrogens with zero attached hydrogens (tertiary/aromatic N) is 1. The molecule has 0 aliphatic rings. The van der Waals surface area contributed by atoms with Gasteiger partial charge in [-0.3, -0.25) is 0 Å². The van der Waals surface area contributed by atoms with Gasteiger partial charge in [0.25, 0.3) is 0 Å². The number of para-hydroxylation sites is 1. The summed E-state index contributed by atoms with van der Waals surface area (Å²) in [6, 6.07) is 7.51. The zero-order valence-corrected chi connectivity index (χ0v) is 7.62. The maximum Gasteiger partial charge on any atom is 0.116 e. The molecule has 1 rings (SSSR count). The van der Waals surface area contributed by atoms with Gasteiger partial charge in [0.05, 0.1) is 0 Å². The van der Waals surface area contributed by atoms with Crippen LogP contribution in [0.5, 0.6) is 0 Å². The normalized spacial score (nSPS) is 11.3. The first-order valence-electron chi connectivity index (χ1n) is 3.96.